The third-order valence-corrected chi connectivity index (χ3v) is 5.63. The Bertz CT molecular complexity index is 1050. The Balaban J connectivity index is 1.25. The van der Waals surface area contributed by atoms with E-state index in [-0.39, 0.29) is 18.5 Å². The van der Waals surface area contributed by atoms with Gasteiger partial charge in [0.15, 0.2) is 11.5 Å². The summed E-state index contributed by atoms with van der Waals surface area (Å²) in [5.41, 5.74) is 1.93. The second-order valence-electron chi connectivity index (χ2n) is 6.44. The van der Waals surface area contributed by atoms with Gasteiger partial charge in [-0.25, -0.2) is 9.97 Å². The van der Waals surface area contributed by atoms with E-state index in [2.05, 4.69) is 20.6 Å². The molecule has 1 aromatic heterocycles. The molecule has 0 saturated carbocycles. The molecule has 0 saturated heterocycles. The molecule has 2 N–H and O–H groups in total. The summed E-state index contributed by atoms with van der Waals surface area (Å²) in [4.78, 5) is 20.6. The number of amides is 1. The molecular weight excluding hydrogens is 424 g/mol. The minimum absolute atomic E-state index is 0.0816. The maximum Gasteiger partial charge on any atom is 0.231 e. The van der Waals surface area contributed by atoms with Crippen LogP contribution in [0, 0.1) is 0 Å². The molecule has 1 aliphatic heterocycles. The molecule has 4 rings (SSSR count). The Kier molecular flexibility index (Phi) is 6.56. The van der Waals surface area contributed by atoms with Crippen molar-refractivity contribution in [1.29, 1.82) is 0 Å². The van der Waals surface area contributed by atoms with Crippen LogP contribution >= 0.6 is 23.4 Å². The highest BCUT2D eigenvalue weighted by Gasteiger charge is 2.13. The molecule has 3 aromatic rings. The molecule has 1 amide bonds. The fraction of sp³-hybridized carbons (Fsp3) is 0.190. The molecule has 0 radical (unpaired) electrons. The van der Waals surface area contributed by atoms with Crippen molar-refractivity contribution < 1.29 is 14.3 Å². The van der Waals surface area contributed by atoms with Crippen LogP contribution in [0.1, 0.15) is 11.1 Å². The van der Waals surface area contributed by atoms with E-state index in [4.69, 9.17) is 21.1 Å². The Morgan fingerprint density at radius 2 is 1.93 bits per heavy atom. The summed E-state index contributed by atoms with van der Waals surface area (Å²) in [5, 5.41) is 7.54. The average Bonchev–Trinajstić information content (AvgIpc) is 3.24. The third kappa shape index (κ3) is 5.34. The van der Waals surface area contributed by atoms with E-state index in [1.165, 1.54) is 18.1 Å². The number of carbonyl (C=O) groups is 1. The average molecular weight is 443 g/mol. The van der Waals surface area contributed by atoms with Crippen LogP contribution in [0.4, 0.5) is 5.82 Å². The molecule has 30 heavy (non-hydrogen) atoms. The Labute approximate surface area is 183 Å². The van der Waals surface area contributed by atoms with E-state index in [9.17, 15) is 4.79 Å². The summed E-state index contributed by atoms with van der Waals surface area (Å²) in [6, 6.07) is 15.1. The minimum atomic E-state index is -0.0816. The number of halogens is 1. The Morgan fingerprint density at radius 3 is 2.83 bits per heavy atom. The summed E-state index contributed by atoms with van der Waals surface area (Å²) in [6.45, 7) is 1.21. The molecule has 0 unspecified atom stereocenters. The highest BCUT2D eigenvalue weighted by atomic mass is 35.5. The number of hydrogen-bond acceptors (Lipinski definition) is 7. The number of rotatable bonds is 8. The van der Waals surface area contributed by atoms with Gasteiger partial charge in [-0.2, -0.15) is 0 Å². The SMILES string of the molecule is O=C(CSc1cc(NCc2ccccc2Cl)ncn1)NCc1ccc2c(c1)OCO2. The molecule has 1 aliphatic rings. The maximum atomic E-state index is 12.2. The number of benzene rings is 2. The summed E-state index contributed by atoms with van der Waals surface area (Å²) >= 11 is 7.52. The van der Waals surface area contributed by atoms with Crippen LogP contribution in [0.2, 0.25) is 5.02 Å². The van der Waals surface area contributed by atoms with Gasteiger partial charge >= 0.3 is 0 Å². The summed E-state index contributed by atoms with van der Waals surface area (Å²) in [6.07, 6.45) is 1.47. The molecule has 0 spiro atoms. The zero-order valence-electron chi connectivity index (χ0n) is 15.9. The van der Waals surface area contributed by atoms with Crippen molar-refractivity contribution in [2.45, 2.75) is 18.1 Å². The smallest absolute Gasteiger partial charge is 0.231 e. The fourth-order valence-electron chi connectivity index (χ4n) is 2.78. The predicted molar refractivity (Wildman–Crippen MR) is 116 cm³/mol. The van der Waals surface area contributed by atoms with Crippen molar-refractivity contribution in [1.82, 2.24) is 15.3 Å². The van der Waals surface area contributed by atoms with Gasteiger partial charge in [-0.3, -0.25) is 4.79 Å². The molecule has 2 aromatic carbocycles. The number of thioether (sulfide) groups is 1. The molecule has 0 atom stereocenters. The monoisotopic (exact) mass is 442 g/mol. The Morgan fingerprint density at radius 1 is 1.07 bits per heavy atom. The summed E-state index contributed by atoms with van der Waals surface area (Å²) < 4.78 is 10.6. The Hall–Kier alpha value is -2.97. The second kappa shape index (κ2) is 9.69. The van der Waals surface area contributed by atoms with Gasteiger partial charge in [0.25, 0.3) is 0 Å². The van der Waals surface area contributed by atoms with Gasteiger partial charge in [0.1, 0.15) is 17.2 Å². The maximum absolute atomic E-state index is 12.2. The van der Waals surface area contributed by atoms with Crippen LogP contribution < -0.4 is 20.1 Å². The van der Waals surface area contributed by atoms with Crippen molar-refractivity contribution in [3.8, 4) is 11.5 Å². The van der Waals surface area contributed by atoms with Crippen molar-refractivity contribution in [3.63, 3.8) is 0 Å². The third-order valence-electron chi connectivity index (χ3n) is 4.34. The van der Waals surface area contributed by atoms with Crippen LogP contribution in [0.5, 0.6) is 11.5 Å². The molecule has 0 fully saturated rings. The normalized spacial score (nSPS) is 11.9. The number of nitrogens with zero attached hydrogens (tertiary/aromatic N) is 2. The van der Waals surface area contributed by atoms with E-state index >= 15 is 0 Å². The van der Waals surface area contributed by atoms with Crippen molar-refractivity contribution in [2.24, 2.45) is 0 Å². The number of aromatic nitrogens is 2. The molecule has 0 bridgehead atoms. The first-order chi connectivity index (χ1) is 14.7. The fourth-order valence-corrected chi connectivity index (χ4v) is 3.68. The summed E-state index contributed by atoms with van der Waals surface area (Å²) in [7, 11) is 0. The van der Waals surface area contributed by atoms with Crippen LogP contribution in [0.3, 0.4) is 0 Å². The van der Waals surface area contributed by atoms with Crippen LogP contribution in [0.15, 0.2) is 59.9 Å². The lowest BCUT2D eigenvalue weighted by molar-refractivity contribution is -0.118. The molecule has 154 valence electrons. The quantitative estimate of drug-likeness (QED) is 0.404. The van der Waals surface area contributed by atoms with Gasteiger partial charge in [0.05, 0.1) is 5.75 Å². The first-order valence-corrected chi connectivity index (χ1v) is 10.6. The molecule has 9 heteroatoms. The first kappa shape index (κ1) is 20.3. The predicted octanol–water partition coefficient (Wildman–Crippen LogP) is 3.88. The van der Waals surface area contributed by atoms with Gasteiger partial charge in [0, 0.05) is 24.2 Å². The van der Waals surface area contributed by atoms with Gasteiger partial charge in [-0.05, 0) is 29.3 Å². The standard InChI is InChI=1S/C21H19ClN4O3S/c22-16-4-2-1-3-15(16)10-23-19-8-21(26-12-25-19)30-11-20(27)24-9-14-5-6-17-18(7-14)29-13-28-17/h1-8,12H,9-11,13H2,(H,24,27)(H,23,25,26). The van der Waals surface area contributed by atoms with E-state index in [1.54, 1.807) is 0 Å². The first-order valence-electron chi connectivity index (χ1n) is 9.25. The van der Waals surface area contributed by atoms with E-state index in [1.807, 2.05) is 48.5 Å². The lowest BCUT2D eigenvalue weighted by atomic mass is 10.2. The van der Waals surface area contributed by atoms with Gasteiger partial charge in [-0.15, -0.1) is 0 Å². The molecule has 7 nitrogen and oxygen atoms in total. The topological polar surface area (TPSA) is 85.4 Å². The molecule has 0 aliphatic carbocycles. The zero-order chi connectivity index (χ0) is 20.8. The van der Waals surface area contributed by atoms with Crippen LogP contribution in [-0.4, -0.2) is 28.4 Å². The number of fused-ring (bicyclic) bond motifs is 1. The summed E-state index contributed by atoms with van der Waals surface area (Å²) in [5.74, 6) is 2.28. The van der Waals surface area contributed by atoms with Crippen molar-refractivity contribution >= 4 is 35.1 Å². The highest BCUT2D eigenvalue weighted by Crippen LogP contribution is 2.32. The highest BCUT2D eigenvalue weighted by molar-refractivity contribution is 7.99. The largest absolute Gasteiger partial charge is 0.454 e. The minimum Gasteiger partial charge on any atom is -0.454 e. The number of anilines is 1. The van der Waals surface area contributed by atoms with E-state index < -0.39 is 0 Å². The molecule has 2 heterocycles. The lowest BCUT2D eigenvalue weighted by Gasteiger charge is -2.08. The number of hydrogen-bond donors (Lipinski definition) is 2. The van der Waals surface area contributed by atoms with Gasteiger partial charge < -0.3 is 20.1 Å². The van der Waals surface area contributed by atoms with Gasteiger partial charge in [0.2, 0.25) is 12.7 Å². The second-order valence-corrected chi connectivity index (χ2v) is 7.84. The number of carbonyl (C=O) groups excluding carboxylic acids is 1. The van der Waals surface area contributed by atoms with Crippen molar-refractivity contribution in [3.05, 3.63) is 71.0 Å². The van der Waals surface area contributed by atoms with Crippen molar-refractivity contribution in [2.75, 3.05) is 17.9 Å². The lowest BCUT2D eigenvalue weighted by Crippen LogP contribution is -2.24. The zero-order valence-corrected chi connectivity index (χ0v) is 17.5. The number of nitrogens with one attached hydrogen (secondary N) is 2. The molecular formula is C21H19ClN4O3S. The van der Waals surface area contributed by atoms with Crippen LogP contribution in [0.25, 0.3) is 0 Å². The van der Waals surface area contributed by atoms with Crippen LogP contribution in [-0.2, 0) is 17.9 Å². The van der Waals surface area contributed by atoms with E-state index in [0.29, 0.717) is 34.7 Å². The van der Waals surface area contributed by atoms with E-state index in [0.717, 1.165) is 16.9 Å². The van der Waals surface area contributed by atoms with Gasteiger partial charge in [-0.1, -0.05) is 47.6 Å². The number of ether oxygens (including phenoxy) is 2.